The normalized spacial score (nSPS) is 10.2. The van der Waals surface area contributed by atoms with Gasteiger partial charge in [-0.25, -0.2) is 14.4 Å². The largest absolute Gasteiger partial charge is 0.507 e. The van der Waals surface area contributed by atoms with Crippen LogP contribution in [-0.4, -0.2) is 33.2 Å². The Hall–Kier alpha value is -2.83. The summed E-state index contributed by atoms with van der Waals surface area (Å²) in [5.41, 5.74) is -0.428. The maximum absolute atomic E-state index is 11.1. The quantitative estimate of drug-likeness (QED) is 0.408. The van der Waals surface area contributed by atoms with Crippen LogP contribution in [0.25, 0.3) is 0 Å². The van der Waals surface area contributed by atoms with Gasteiger partial charge >= 0.3 is 17.9 Å². The maximum atomic E-state index is 11.1. The molecule has 0 unspecified atom stereocenters. The average Bonchev–Trinajstić information content (AvgIpc) is 2.28. The molecule has 1 rings (SSSR count). The molecule has 3 N–H and O–H groups in total. The zero-order chi connectivity index (χ0) is 13.7. The first-order chi connectivity index (χ1) is 8.40. The number of carboxylic acid groups (broad SMARTS) is 2. The first kappa shape index (κ1) is 13.2. The average molecular weight is 252 g/mol. The van der Waals surface area contributed by atoms with Crippen molar-refractivity contribution >= 4 is 17.9 Å². The minimum Gasteiger partial charge on any atom is -0.507 e. The van der Waals surface area contributed by atoms with E-state index in [1.165, 1.54) is 6.07 Å². The van der Waals surface area contributed by atoms with Crippen molar-refractivity contribution in [2.24, 2.45) is 0 Å². The number of hydrogen-bond donors (Lipinski definition) is 3. The summed E-state index contributed by atoms with van der Waals surface area (Å²) >= 11 is 0. The number of esters is 1. The number of aliphatic carboxylic acids is 1. The highest BCUT2D eigenvalue weighted by atomic mass is 16.5. The number of hydrogen-bond acceptors (Lipinski definition) is 5. The fourth-order valence-corrected chi connectivity index (χ4v) is 1.04. The Morgan fingerprint density at radius 1 is 1.11 bits per heavy atom. The highest BCUT2D eigenvalue weighted by Gasteiger charge is 2.12. The number of phenols is 1. The Morgan fingerprint density at radius 2 is 1.78 bits per heavy atom. The molecule has 0 aliphatic rings. The lowest BCUT2D eigenvalue weighted by Gasteiger charge is -2.04. The minimum atomic E-state index is -1.38. The van der Waals surface area contributed by atoms with E-state index in [0.29, 0.717) is 12.2 Å². The topological polar surface area (TPSA) is 121 Å². The van der Waals surface area contributed by atoms with E-state index < -0.39 is 29.2 Å². The first-order valence-corrected chi connectivity index (χ1v) is 4.59. The third-order valence-electron chi connectivity index (χ3n) is 1.78. The van der Waals surface area contributed by atoms with Crippen LogP contribution < -0.4 is 4.74 Å². The lowest BCUT2D eigenvalue weighted by Crippen LogP contribution is -2.06. The fourth-order valence-electron chi connectivity index (χ4n) is 1.04. The number of carbonyl (C=O) groups excluding carboxylic acids is 1. The van der Waals surface area contributed by atoms with E-state index in [-0.39, 0.29) is 5.75 Å². The monoisotopic (exact) mass is 252 g/mol. The molecule has 7 heteroatoms. The molecule has 1 aromatic rings. The van der Waals surface area contributed by atoms with Gasteiger partial charge in [0.05, 0.1) is 0 Å². The van der Waals surface area contributed by atoms with Crippen LogP contribution in [0.2, 0.25) is 0 Å². The van der Waals surface area contributed by atoms with Crippen molar-refractivity contribution in [3.8, 4) is 11.5 Å². The van der Waals surface area contributed by atoms with Gasteiger partial charge in [-0.2, -0.15) is 0 Å². The molecule has 0 aliphatic heterocycles. The van der Waals surface area contributed by atoms with Gasteiger partial charge in [-0.05, 0) is 18.2 Å². The van der Waals surface area contributed by atoms with E-state index in [2.05, 4.69) is 4.74 Å². The lowest BCUT2D eigenvalue weighted by atomic mass is 10.2. The molecule has 0 amide bonds. The van der Waals surface area contributed by atoms with Crippen LogP contribution in [0.4, 0.5) is 0 Å². The van der Waals surface area contributed by atoms with Crippen molar-refractivity contribution in [2.75, 3.05) is 0 Å². The van der Waals surface area contributed by atoms with Crippen LogP contribution in [0, 0.1) is 0 Å². The van der Waals surface area contributed by atoms with Gasteiger partial charge in [-0.3, -0.25) is 0 Å². The summed E-state index contributed by atoms with van der Waals surface area (Å²) in [6.07, 6.45) is 1.26. The predicted octanol–water partition coefficient (Wildman–Crippen LogP) is 0.637. The molecular formula is C11H8O7. The second-order valence-electron chi connectivity index (χ2n) is 3.08. The zero-order valence-electron chi connectivity index (χ0n) is 8.86. The maximum Gasteiger partial charge on any atom is 0.339 e. The predicted molar refractivity (Wildman–Crippen MR) is 57.5 cm³/mol. The number of aromatic hydroxyl groups is 1. The molecule has 0 saturated carbocycles. The summed E-state index contributed by atoms with van der Waals surface area (Å²) in [6.45, 7) is 0. The Kier molecular flexibility index (Phi) is 4.03. The Labute approximate surface area is 101 Å². The standard InChI is InChI=1S/C11H8O7/c12-8-2-1-6(5-7(8)11(16)17)18-10(15)4-3-9(13)14/h1-5,12H,(H,13,14)(H,16,17)/b4-3-. The van der Waals surface area contributed by atoms with Gasteiger partial charge in [-0.15, -0.1) is 0 Å². The lowest BCUT2D eigenvalue weighted by molar-refractivity contribution is -0.133. The van der Waals surface area contributed by atoms with Gasteiger partial charge in [0.25, 0.3) is 0 Å². The van der Waals surface area contributed by atoms with E-state index >= 15 is 0 Å². The van der Waals surface area contributed by atoms with Crippen LogP contribution >= 0.6 is 0 Å². The molecule has 0 aliphatic carbocycles. The molecule has 0 bridgehead atoms. The van der Waals surface area contributed by atoms with Crippen LogP contribution in [0.1, 0.15) is 10.4 Å². The molecule has 1 aromatic carbocycles. The fraction of sp³-hybridized carbons (Fsp3) is 0. The van der Waals surface area contributed by atoms with E-state index in [1.807, 2.05) is 0 Å². The molecular weight excluding hydrogens is 244 g/mol. The van der Waals surface area contributed by atoms with Crippen molar-refractivity contribution in [3.05, 3.63) is 35.9 Å². The van der Waals surface area contributed by atoms with Crippen molar-refractivity contribution in [3.63, 3.8) is 0 Å². The van der Waals surface area contributed by atoms with E-state index in [1.54, 1.807) is 0 Å². The number of carboxylic acids is 2. The van der Waals surface area contributed by atoms with Gasteiger partial charge in [-0.1, -0.05) is 0 Å². The summed E-state index contributed by atoms with van der Waals surface area (Å²) < 4.78 is 4.65. The summed E-state index contributed by atoms with van der Waals surface area (Å²) in [4.78, 5) is 31.9. The second-order valence-corrected chi connectivity index (χ2v) is 3.08. The third-order valence-corrected chi connectivity index (χ3v) is 1.78. The summed E-state index contributed by atoms with van der Waals surface area (Å²) in [5.74, 6) is -4.26. The van der Waals surface area contributed by atoms with E-state index in [0.717, 1.165) is 12.1 Å². The Morgan fingerprint density at radius 3 is 2.33 bits per heavy atom. The third kappa shape index (κ3) is 3.63. The van der Waals surface area contributed by atoms with Gasteiger partial charge < -0.3 is 20.1 Å². The van der Waals surface area contributed by atoms with E-state index in [4.69, 9.17) is 10.2 Å². The molecule has 0 heterocycles. The summed E-state index contributed by atoms with van der Waals surface area (Å²) in [7, 11) is 0. The van der Waals surface area contributed by atoms with Crippen molar-refractivity contribution < 1.29 is 34.4 Å². The van der Waals surface area contributed by atoms with Crippen LogP contribution in [0.3, 0.4) is 0 Å². The number of benzene rings is 1. The van der Waals surface area contributed by atoms with Crippen LogP contribution in [-0.2, 0) is 9.59 Å². The van der Waals surface area contributed by atoms with Crippen molar-refractivity contribution in [2.45, 2.75) is 0 Å². The summed E-state index contributed by atoms with van der Waals surface area (Å²) in [5, 5.41) is 26.2. The minimum absolute atomic E-state index is 0.120. The molecule has 0 spiro atoms. The molecule has 0 atom stereocenters. The SMILES string of the molecule is O=C(O)/C=C\C(=O)Oc1ccc(O)c(C(=O)O)c1. The number of aromatic carboxylic acids is 1. The molecule has 94 valence electrons. The van der Waals surface area contributed by atoms with Gasteiger partial charge in [0.15, 0.2) is 0 Å². The highest BCUT2D eigenvalue weighted by Crippen LogP contribution is 2.23. The molecule has 0 aromatic heterocycles. The number of carbonyl (C=O) groups is 3. The van der Waals surface area contributed by atoms with E-state index in [9.17, 15) is 19.5 Å². The number of ether oxygens (including phenoxy) is 1. The molecule has 18 heavy (non-hydrogen) atoms. The van der Waals surface area contributed by atoms with Gasteiger partial charge in [0, 0.05) is 12.2 Å². The van der Waals surface area contributed by atoms with Crippen molar-refractivity contribution in [1.82, 2.24) is 0 Å². The smallest absolute Gasteiger partial charge is 0.339 e. The zero-order valence-corrected chi connectivity index (χ0v) is 8.86. The highest BCUT2D eigenvalue weighted by molar-refractivity contribution is 5.93. The van der Waals surface area contributed by atoms with Crippen LogP contribution in [0.5, 0.6) is 11.5 Å². The first-order valence-electron chi connectivity index (χ1n) is 4.59. The van der Waals surface area contributed by atoms with Crippen molar-refractivity contribution in [1.29, 1.82) is 0 Å². The van der Waals surface area contributed by atoms with Gasteiger partial charge in [0.2, 0.25) is 0 Å². The molecule has 0 saturated heterocycles. The van der Waals surface area contributed by atoms with Gasteiger partial charge in [0.1, 0.15) is 17.1 Å². The Bertz CT molecular complexity index is 530. The molecule has 7 nitrogen and oxygen atoms in total. The second kappa shape index (κ2) is 5.48. The number of rotatable bonds is 4. The Balaban J connectivity index is 2.86. The molecule has 0 fully saturated rings. The molecule has 0 radical (unpaired) electrons. The summed E-state index contributed by atoms with van der Waals surface area (Å²) in [6, 6.07) is 3.17. The van der Waals surface area contributed by atoms with Crippen LogP contribution in [0.15, 0.2) is 30.4 Å².